The Morgan fingerprint density at radius 3 is 2.63 bits per heavy atom. The van der Waals surface area contributed by atoms with Crippen molar-refractivity contribution < 1.29 is 1.43 Å². The summed E-state index contributed by atoms with van der Waals surface area (Å²) in [5.41, 5.74) is 4.36. The highest BCUT2D eigenvalue weighted by atomic mass is 15.3. The van der Waals surface area contributed by atoms with E-state index in [9.17, 15) is 0 Å². The van der Waals surface area contributed by atoms with Crippen LogP contribution in [0, 0.1) is 5.92 Å². The minimum atomic E-state index is 0. The summed E-state index contributed by atoms with van der Waals surface area (Å²) < 4.78 is 0. The number of nitrogens with zero attached hydrogens (tertiary/aromatic N) is 5. The molecule has 0 radical (unpaired) electrons. The van der Waals surface area contributed by atoms with Gasteiger partial charge in [0.25, 0.3) is 0 Å². The highest BCUT2D eigenvalue weighted by Gasteiger charge is 2.28. The maximum Gasteiger partial charge on any atom is 0.229 e. The van der Waals surface area contributed by atoms with E-state index in [1.807, 2.05) is 58.2 Å². The van der Waals surface area contributed by atoms with E-state index in [0.717, 1.165) is 55.6 Å². The maximum absolute atomic E-state index is 4.90. The third kappa shape index (κ3) is 7.44. The smallest absolute Gasteiger partial charge is 0.229 e. The van der Waals surface area contributed by atoms with Crippen molar-refractivity contribution in [1.29, 1.82) is 0 Å². The summed E-state index contributed by atoms with van der Waals surface area (Å²) >= 11 is 0. The second-order valence-corrected chi connectivity index (χ2v) is 9.13. The lowest BCUT2D eigenvalue weighted by Crippen LogP contribution is -2.23. The fourth-order valence-corrected chi connectivity index (χ4v) is 4.08. The van der Waals surface area contributed by atoms with E-state index in [4.69, 9.17) is 9.97 Å². The molecule has 0 bridgehead atoms. The average molecular weight is 476 g/mol. The van der Waals surface area contributed by atoms with Gasteiger partial charge < -0.3 is 20.4 Å². The number of aromatic nitrogens is 2. The lowest BCUT2D eigenvalue weighted by Gasteiger charge is -2.20. The lowest BCUT2D eigenvalue weighted by molar-refractivity contribution is 0.468. The van der Waals surface area contributed by atoms with Gasteiger partial charge in [-0.25, -0.2) is 4.99 Å². The van der Waals surface area contributed by atoms with E-state index in [1.54, 1.807) is 6.21 Å². The molecule has 35 heavy (non-hydrogen) atoms. The largest absolute Gasteiger partial charge is 0.382 e. The molecule has 0 aliphatic carbocycles. The molecule has 3 heterocycles. The van der Waals surface area contributed by atoms with Crippen molar-refractivity contribution in [2.24, 2.45) is 10.9 Å². The average Bonchev–Trinajstić information content (AvgIpc) is 3.22. The van der Waals surface area contributed by atoms with E-state index in [1.165, 1.54) is 11.1 Å². The van der Waals surface area contributed by atoms with Crippen LogP contribution in [0.25, 0.3) is 0 Å². The molecule has 0 saturated carbocycles. The molecule has 2 aliphatic rings. The van der Waals surface area contributed by atoms with Crippen LogP contribution >= 0.6 is 0 Å². The number of hydrogen-bond acceptors (Lipinski definition) is 7. The van der Waals surface area contributed by atoms with Crippen LogP contribution in [0.15, 0.2) is 71.4 Å². The van der Waals surface area contributed by atoms with Crippen molar-refractivity contribution >= 4 is 35.2 Å². The van der Waals surface area contributed by atoms with E-state index in [2.05, 4.69) is 57.4 Å². The summed E-state index contributed by atoms with van der Waals surface area (Å²) in [5.74, 6) is 2.60. The van der Waals surface area contributed by atoms with Crippen molar-refractivity contribution in [3.05, 3.63) is 66.4 Å². The SMILES string of the molecule is C=C(C)C.CC=Nc1nc(N2CCC(C3=CCCN(C)C=C3)C2)nc(Nc2ccccc2)c1NC.[HH]. The van der Waals surface area contributed by atoms with Gasteiger partial charge in [0.1, 0.15) is 5.69 Å². The lowest BCUT2D eigenvalue weighted by atomic mass is 9.97. The van der Waals surface area contributed by atoms with Gasteiger partial charge in [-0.2, -0.15) is 9.97 Å². The molecule has 0 amide bonds. The predicted molar refractivity (Wildman–Crippen MR) is 153 cm³/mol. The zero-order valence-corrected chi connectivity index (χ0v) is 21.8. The van der Waals surface area contributed by atoms with E-state index in [-0.39, 0.29) is 1.43 Å². The zero-order chi connectivity index (χ0) is 25.2. The standard InChI is InChI=1S/C24H31N7.C4H8.H2/c1-4-26-22-21(25-2)23(27-20-10-6-5-7-11-20)29-24(28-22)31-16-13-19(17-31)18-9-8-14-30(3)15-12-18;1-4(2)3;/h4-7,9-12,15,19,25H,8,13-14,16-17H2,1-3H3,(H,27,28,29);1H2,2-3H3;1H. The summed E-state index contributed by atoms with van der Waals surface area (Å²) in [6.07, 6.45) is 10.8. The third-order valence-corrected chi connectivity index (χ3v) is 5.74. The Kier molecular flexibility index (Phi) is 9.47. The highest BCUT2D eigenvalue weighted by Crippen LogP contribution is 2.36. The molecule has 2 N–H and O–H groups in total. The van der Waals surface area contributed by atoms with Gasteiger partial charge in [-0.15, -0.1) is 6.58 Å². The third-order valence-electron chi connectivity index (χ3n) is 5.74. The predicted octanol–water partition coefficient (Wildman–Crippen LogP) is 6.41. The molecule has 1 fully saturated rings. The van der Waals surface area contributed by atoms with Crippen molar-refractivity contribution in [3.63, 3.8) is 0 Å². The molecule has 1 aromatic carbocycles. The molecule has 2 aromatic rings. The number of anilines is 4. The van der Waals surface area contributed by atoms with Gasteiger partial charge >= 0.3 is 0 Å². The first-order valence-electron chi connectivity index (χ1n) is 12.3. The number of nitrogens with one attached hydrogen (secondary N) is 2. The minimum absolute atomic E-state index is 0. The Balaban J connectivity index is 0.000000850. The molecule has 2 aliphatic heterocycles. The van der Waals surface area contributed by atoms with Crippen molar-refractivity contribution in [2.45, 2.75) is 33.6 Å². The molecular weight excluding hydrogens is 434 g/mol. The van der Waals surface area contributed by atoms with Crippen molar-refractivity contribution in [2.75, 3.05) is 49.3 Å². The molecule has 1 atom stereocenters. The Morgan fingerprint density at radius 1 is 1.20 bits per heavy atom. The van der Waals surface area contributed by atoms with Crippen LogP contribution in [0.5, 0.6) is 0 Å². The van der Waals surface area contributed by atoms with Crippen LogP contribution in [0.4, 0.5) is 29.0 Å². The van der Waals surface area contributed by atoms with Gasteiger partial charge in [0.2, 0.25) is 5.95 Å². The molecule has 1 saturated heterocycles. The van der Waals surface area contributed by atoms with Crippen LogP contribution in [0.1, 0.15) is 35.0 Å². The van der Waals surface area contributed by atoms with E-state index >= 15 is 0 Å². The van der Waals surface area contributed by atoms with Gasteiger partial charge in [-0.3, -0.25) is 0 Å². The Hall–Kier alpha value is -3.61. The maximum atomic E-state index is 4.90. The molecule has 0 spiro atoms. The first kappa shape index (κ1) is 26.0. The van der Waals surface area contributed by atoms with E-state index in [0.29, 0.717) is 11.7 Å². The van der Waals surface area contributed by atoms with Gasteiger partial charge in [-0.1, -0.05) is 29.8 Å². The Bertz CT molecular complexity index is 1070. The number of aliphatic imine (C=N–C) groups is 1. The van der Waals surface area contributed by atoms with Crippen LogP contribution in [0.3, 0.4) is 0 Å². The molecule has 4 rings (SSSR count). The van der Waals surface area contributed by atoms with E-state index < -0.39 is 0 Å². The summed E-state index contributed by atoms with van der Waals surface area (Å²) in [5, 5.41) is 6.65. The molecule has 188 valence electrons. The topological polar surface area (TPSA) is 68.7 Å². The number of hydrogen-bond donors (Lipinski definition) is 2. The second-order valence-electron chi connectivity index (χ2n) is 9.13. The number of allylic oxidation sites excluding steroid dienone is 2. The van der Waals surface area contributed by atoms with Crippen molar-refractivity contribution in [1.82, 2.24) is 14.9 Å². The summed E-state index contributed by atoms with van der Waals surface area (Å²) in [6, 6.07) is 10.1. The fourth-order valence-electron chi connectivity index (χ4n) is 4.08. The van der Waals surface area contributed by atoms with Gasteiger partial charge in [0.15, 0.2) is 11.6 Å². The van der Waals surface area contributed by atoms with Crippen LogP contribution in [-0.2, 0) is 0 Å². The molecule has 7 heteroatoms. The van der Waals surface area contributed by atoms with Gasteiger partial charge in [-0.05, 0) is 63.6 Å². The normalized spacial score (nSPS) is 17.5. The Morgan fingerprint density at radius 2 is 1.94 bits per heavy atom. The first-order chi connectivity index (χ1) is 16.9. The number of benzene rings is 1. The molecule has 1 unspecified atom stereocenters. The van der Waals surface area contributed by atoms with Gasteiger partial charge in [0, 0.05) is 53.0 Å². The fraction of sp³-hybridized carbons (Fsp3) is 0.393. The van der Waals surface area contributed by atoms with Crippen LogP contribution < -0.4 is 15.5 Å². The van der Waals surface area contributed by atoms with Crippen LogP contribution in [0.2, 0.25) is 0 Å². The summed E-state index contributed by atoms with van der Waals surface area (Å²) in [7, 11) is 4.00. The molecular formula is C28H41N7. The monoisotopic (exact) mass is 475 g/mol. The highest BCUT2D eigenvalue weighted by molar-refractivity contribution is 5.81. The molecule has 7 nitrogen and oxygen atoms in total. The molecule has 1 aromatic heterocycles. The van der Waals surface area contributed by atoms with Gasteiger partial charge in [0.05, 0.1) is 0 Å². The summed E-state index contributed by atoms with van der Waals surface area (Å²) in [4.78, 5) is 18.7. The zero-order valence-electron chi connectivity index (χ0n) is 21.8. The quantitative estimate of drug-likeness (QED) is 0.371. The Labute approximate surface area is 211 Å². The van der Waals surface area contributed by atoms with Crippen LogP contribution in [-0.4, -0.2) is 54.8 Å². The number of para-hydroxylation sites is 1. The first-order valence-corrected chi connectivity index (χ1v) is 12.3. The number of rotatable bonds is 6. The van der Waals surface area contributed by atoms with Crippen molar-refractivity contribution in [3.8, 4) is 0 Å². The second kappa shape index (κ2) is 12.7. The minimum Gasteiger partial charge on any atom is -0.382 e. The summed E-state index contributed by atoms with van der Waals surface area (Å²) in [6.45, 7) is 12.3.